The Morgan fingerprint density at radius 3 is 2.62 bits per heavy atom. The van der Waals surface area contributed by atoms with E-state index in [9.17, 15) is 0 Å². The first kappa shape index (κ1) is 10.7. The highest BCUT2D eigenvalue weighted by atomic mass is 15.2. The van der Waals surface area contributed by atoms with Gasteiger partial charge in [-0.1, -0.05) is 38.2 Å². The van der Waals surface area contributed by atoms with Gasteiger partial charge in [-0.25, -0.2) is 0 Å². The van der Waals surface area contributed by atoms with Crippen molar-refractivity contribution in [2.45, 2.75) is 51.0 Å². The van der Waals surface area contributed by atoms with Gasteiger partial charge in [-0.05, 0) is 18.8 Å². The van der Waals surface area contributed by atoms with Crippen molar-refractivity contribution in [3.8, 4) is 0 Å². The largest absolute Gasteiger partial charge is 0.271 e. The minimum atomic E-state index is 0.307. The fourth-order valence-corrected chi connectivity index (χ4v) is 2.16. The van der Waals surface area contributed by atoms with E-state index in [1.54, 1.807) is 0 Å². The van der Waals surface area contributed by atoms with E-state index in [0.29, 0.717) is 6.04 Å². The summed E-state index contributed by atoms with van der Waals surface area (Å²) in [5, 5.41) is 0. The van der Waals surface area contributed by atoms with Crippen molar-refractivity contribution in [1.82, 2.24) is 5.43 Å². The predicted molar refractivity (Wildman–Crippen MR) is 57.1 cm³/mol. The molecule has 0 aromatic carbocycles. The Morgan fingerprint density at radius 2 is 2.08 bits per heavy atom. The molecule has 13 heavy (non-hydrogen) atoms. The van der Waals surface area contributed by atoms with E-state index >= 15 is 0 Å². The molecule has 1 aliphatic carbocycles. The molecule has 0 aromatic heterocycles. The van der Waals surface area contributed by atoms with Crippen LogP contribution in [0.2, 0.25) is 0 Å². The van der Waals surface area contributed by atoms with E-state index in [1.165, 1.54) is 38.5 Å². The third-order valence-corrected chi connectivity index (χ3v) is 3.11. The molecule has 1 fully saturated rings. The first-order valence-corrected chi connectivity index (χ1v) is 5.45. The zero-order chi connectivity index (χ0) is 9.52. The average molecular weight is 182 g/mol. The molecule has 1 atom stereocenters. The van der Waals surface area contributed by atoms with Gasteiger partial charge in [-0.15, -0.1) is 6.58 Å². The number of nitrogens with one attached hydrogen (secondary N) is 1. The molecular weight excluding hydrogens is 160 g/mol. The monoisotopic (exact) mass is 182 g/mol. The summed E-state index contributed by atoms with van der Waals surface area (Å²) in [6.07, 6.45) is 11.5. The Morgan fingerprint density at radius 1 is 1.38 bits per heavy atom. The van der Waals surface area contributed by atoms with Crippen LogP contribution < -0.4 is 11.3 Å². The van der Waals surface area contributed by atoms with Gasteiger partial charge in [0.1, 0.15) is 0 Å². The van der Waals surface area contributed by atoms with Gasteiger partial charge in [-0.2, -0.15) is 0 Å². The van der Waals surface area contributed by atoms with Gasteiger partial charge in [0.05, 0.1) is 0 Å². The second-order valence-electron chi connectivity index (χ2n) is 4.09. The highest BCUT2D eigenvalue weighted by Crippen LogP contribution is 2.27. The molecule has 0 radical (unpaired) electrons. The molecule has 1 rings (SSSR count). The molecule has 1 aliphatic rings. The summed E-state index contributed by atoms with van der Waals surface area (Å²) in [4.78, 5) is 0. The molecule has 1 saturated carbocycles. The number of hydrogen-bond acceptors (Lipinski definition) is 2. The number of rotatable bonds is 5. The summed E-state index contributed by atoms with van der Waals surface area (Å²) >= 11 is 0. The van der Waals surface area contributed by atoms with Crippen LogP contribution in [0.5, 0.6) is 0 Å². The fraction of sp³-hybridized carbons (Fsp3) is 0.818. The zero-order valence-electron chi connectivity index (χ0n) is 8.47. The van der Waals surface area contributed by atoms with Gasteiger partial charge in [-0.3, -0.25) is 11.3 Å². The minimum Gasteiger partial charge on any atom is -0.271 e. The van der Waals surface area contributed by atoms with Crippen LogP contribution >= 0.6 is 0 Å². The molecular formula is C11H22N2. The van der Waals surface area contributed by atoms with E-state index in [2.05, 4.69) is 12.0 Å². The van der Waals surface area contributed by atoms with Crippen LogP contribution in [0.15, 0.2) is 12.7 Å². The summed E-state index contributed by atoms with van der Waals surface area (Å²) in [6.45, 7) is 3.75. The number of hydrogen-bond donors (Lipinski definition) is 2. The lowest BCUT2D eigenvalue weighted by molar-refractivity contribution is 0.322. The van der Waals surface area contributed by atoms with Crippen LogP contribution in [0, 0.1) is 5.92 Å². The quantitative estimate of drug-likeness (QED) is 0.389. The summed E-state index contributed by atoms with van der Waals surface area (Å²) in [5.74, 6) is 6.33. The van der Waals surface area contributed by atoms with Crippen molar-refractivity contribution in [2.24, 2.45) is 11.8 Å². The van der Waals surface area contributed by atoms with Crippen molar-refractivity contribution in [2.75, 3.05) is 0 Å². The van der Waals surface area contributed by atoms with E-state index in [1.807, 2.05) is 6.08 Å². The smallest absolute Gasteiger partial charge is 0.0387 e. The molecule has 1 unspecified atom stereocenters. The third-order valence-electron chi connectivity index (χ3n) is 3.11. The first-order valence-electron chi connectivity index (χ1n) is 5.45. The van der Waals surface area contributed by atoms with Crippen molar-refractivity contribution >= 4 is 0 Å². The highest BCUT2D eigenvalue weighted by Gasteiger charge is 2.14. The molecule has 0 aliphatic heterocycles. The lowest BCUT2D eigenvalue weighted by atomic mass is 9.85. The summed E-state index contributed by atoms with van der Waals surface area (Å²) in [7, 11) is 0. The fourth-order valence-electron chi connectivity index (χ4n) is 2.16. The Balaban J connectivity index is 2.12. The van der Waals surface area contributed by atoms with Crippen LogP contribution in [-0.4, -0.2) is 6.04 Å². The van der Waals surface area contributed by atoms with Crippen LogP contribution in [0.25, 0.3) is 0 Å². The Kier molecular flexibility index (Phi) is 5.09. The Bertz CT molecular complexity index is 139. The van der Waals surface area contributed by atoms with Crippen LogP contribution in [-0.2, 0) is 0 Å². The van der Waals surface area contributed by atoms with Crippen molar-refractivity contribution in [3.05, 3.63) is 12.7 Å². The third kappa shape index (κ3) is 3.92. The summed E-state index contributed by atoms with van der Waals surface area (Å²) in [6, 6.07) is 0.307. The topological polar surface area (TPSA) is 38.0 Å². The van der Waals surface area contributed by atoms with Crippen molar-refractivity contribution in [1.29, 1.82) is 0 Å². The van der Waals surface area contributed by atoms with E-state index in [0.717, 1.165) is 12.3 Å². The number of nitrogens with two attached hydrogens (primary N) is 1. The first-order chi connectivity index (χ1) is 6.36. The molecule has 0 amide bonds. The molecule has 0 heterocycles. The minimum absolute atomic E-state index is 0.307. The second kappa shape index (κ2) is 6.17. The second-order valence-corrected chi connectivity index (χ2v) is 4.09. The standard InChI is InChI=1S/C11H22N2/c1-2-11(13-12)9-8-10-6-4-3-5-7-10/h2,10-11,13H,1,3-9,12H2. The molecule has 2 nitrogen and oxygen atoms in total. The van der Waals surface area contributed by atoms with Gasteiger partial charge in [0.2, 0.25) is 0 Å². The van der Waals surface area contributed by atoms with Crippen LogP contribution in [0.4, 0.5) is 0 Å². The molecule has 0 aromatic rings. The van der Waals surface area contributed by atoms with E-state index in [4.69, 9.17) is 5.84 Å². The predicted octanol–water partition coefficient (Wildman–Crippen LogP) is 2.36. The molecule has 2 heteroatoms. The van der Waals surface area contributed by atoms with Crippen LogP contribution in [0.1, 0.15) is 44.9 Å². The average Bonchev–Trinajstić information content (AvgIpc) is 2.21. The van der Waals surface area contributed by atoms with Gasteiger partial charge in [0.25, 0.3) is 0 Å². The SMILES string of the molecule is C=CC(CCC1CCCCC1)NN. The molecule has 0 bridgehead atoms. The lowest BCUT2D eigenvalue weighted by Crippen LogP contribution is -2.33. The lowest BCUT2D eigenvalue weighted by Gasteiger charge is -2.22. The maximum atomic E-state index is 5.38. The molecule has 76 valence electrons. The molecule has 3 N–H and O–H groups in total. The molecule has 0 saturated heterocycles. The maximum Gasteiger partial charge on any atom is 0.0387 e. The highest BCUT2D eigenvalue weighted by molar-refractivity contribution is 4.84. The number of hydrazine groups is 1. The molecule has 0 spiro atoms. The Hall–Kier alpha value is -0.340. The van der Waals surface area contributed by atoms with Crippen LogP contribution in [0.3, 0.4) is 0 Å². The van der Waals surface area contributed by atoms with Gasteiger partial charge in [0.15, 0.2) is 0 Å². The maximum absolute atomic E-state index is 5.38. The van der Waals surface area contributed by atoms with Gasteiger partial charge in [0, 0.05) is 6.04 Å². The van der Waals surface area contributed by atoms with Gasteiger partial charge < -0.3 is 0 Å². The van der Waals surface area contributed by atoms with Gasteiger partial charge >= 0.3 is 0 Å². The van der Waals surface area contributed by atoms with Crippen molar-refractivity contribution < 1.29 is 0 Å². The van der Waals surface area contributed by atoms with Crippen molar-refractivity contribution in [3.63, 3.8) is 0 Å². The Labute approximate surface area is 81.6 Å². The summed E-state index contributed by atoms with van der Waals surface area (Å²) in [5.41, 5.74) is 2.77. The summed E-state index contributed by atoms with van der Waals surface area (Å²) < 4.78 is 0. The van der Waals surface area contributed by atoms with E-state index < -0.39 is 0 Å². The zero-order valence-corrected chi connectivity index (χ0v) is 8.47. The normalized spacial score (nSPS) is 21.3. The van der Waals surface area contributed by atoms with E-state index in [-0.39, 0.29) is 0 Å².